The summed E-state index contributed by atoms with van der Waals surface area (Å²) in [7, 11) is 0. The molecule has 4 heteroatoms. The van der Waals surface area contributed by atoms with E-state index in [-0.39, 0.29) is 11.4 Å². The van der Waals surface area contributed by atoms with E-state index in [2.05, 4.69) is 15.9 Å². The number of carboxylic acids is 1. The molecule has 2 aromatic carbocycles. The molecule has 0 unspecified atom stereocenters. The number of hydrogen-bond donors (Lipinski definition) is 1. The topological polar surface area (TPSA) is 37.3 Å². The number of carbonyl (C=O) groups is 1. The lowest BCUT2D eigenvalue weighted by Crippen LogP contribution is -1.96. The van der Waals surface area contributed by atoms with Crippen molar-refractivity contribution < 1.29 is 14.3 Å². The van der Waals surface area contributed by atoms with Gasteiger partial charge in [0.1, 0.15) is 5.82 Å². The van der Waals surface area contributed by atoms with Gasteiger partial charge in [0.2, 0.25) is 0 Å². The standard InChI is InChI=1S/C14H10BrFO2/c15-12-8-10(3-6-13(12)16)7-9-1-4-11(5-2-9)14(17)18/h1-6,8H,7H2,(H,17,18). The van der Waals surface area contributed by atoms with Crippen LogP contribution in [0.1, 0.15) is 21.5 Å². The van der Waals surface area contributed by atoms with Crippen LogP contribution in [0, 0.1) is 5.82 Å². The van der Waals surface area contributed by atoms with Crippen LogP contribution in [0.15, 0.2) is 46.9 Å². The van der Waals surface area contributed by atoms with Crippen molar-refractivity contribution in [3.8, 4) is 0 Å². The van der Waals surface area contributed by atoms with Crippen LogP contribution in [-0.4, -0.2) is 11.1 Å². The molecule has 2 nitrogen and oxygen atoms in total. The molecule has 1 N–H and O–H groups in total. The Balaban J connectivity index is 2.18. The minimum absolute atomic E-state index is 0.263. The highest BCUT2D eigenvalue weighted by Crippen LogP contribution is 2.19. The van der Waals surface area contributed by atoms with Gasteiger partial charge in [0.25, 0.3) is 0 Å². The molecule has 2 rings (SSSR count). The monoisotopic (exact) mass is 308 g/mol. The number of benzene rings is 2. The molecule has 18 heavy (non-hydrogen) atoms. The summed E-state index contributed by atoms with van der Waals surface area (Å²) in [4.78, 5) is 10.7. The summed E-state index contributed by atoms with van der Waals surface area (Å²) in [5, 5.41) is 8.78. The number of halogens is 2. The first-order chi connectivity index (χ1) is 8.56. The second-order valence-corrected chi connectivity index (χ2v) is 4.78. The highest BCUT2D eigenvalue weighted by atomic mass is 79.9. The second kappa shape index (κ2) is 5.31. The SMILES string of the molecule is O=C(O)c1ccc(Cc2ccc(F)c(Br)c2)cc1. The molecule has 92 valence electrons. The van der Waals surface area contributed by atoms with Gasteiger partial charge in [-0.25, -0.2) is 9.18 Å². The van der Waals surface area contributed by atoms with Crippen LogP contribution in [0.2, 0.25) is 0 Å². The summed E-state index contributed by atoms with van der Waals surface area (Å²) in [6.45, 7) is 0. The van der Waals surface area contributed by atoms with Crippen LogP contribution < -0.4 is 0 Å². The first kappa shape index (κ1) is 12.8. The van der Waals surface area contributed by atoms with Crippen LogP contribution in [0.4, 0.5) is 4.39 Å². The number of carboxylic acid groups (broad SMARTS) is 1. The van der Waals surface area contributed by atoms with Gasteiger partial charge in [-0.05, 0) is 57.7 Å². The van der Waals surface area contributed by atoms with Crippen molar-refractivity contribution in [3.05, 3.63) is 69.4 Å². The zero-order valence-corrected chi connectivity index (χ0v) is 10.9. The van der Waals surface area contributed by atoms with Gasteiger partial charge < -0.3 is 5.11 Å². The fourth-order valence-electron chi connectivity index (χ4n) is 1.65. The van der Waals surface area contributed by atoms with Crippen molar-refractivity contribution >= 4 is 21.9 Å². The molecule has 0 saturated heterocycles. The summed E-state index contributed by atoms with van der Waals surface area (Å²) in [6, 6.07) is 11.5. The maximum atomic E-state index is 13.1. The smallest absolute Gasteiger partial charge is 0.335 e. The molecular weight excluding hydrogens is 299 g/mol. The number of hydrogen-bond acceptors (Lipinski definition) is 1. The molecule has 0 aliphatic carbocycles. The van der Waals surface area contributed by atoms with Gasteiger partial charge >= 0.3 is 5.97 Å². The fourth-order valence-corrected chi connectivity index (χ4v) is 2.08. The Labute approximate surface area is 112 Å². The predicted octanol–water partition coefficient (Wildman–Crippen LogP) is 3.88. The maximum absolute atomic E-state index is 13.1. The zero-order valence-electron chi connectivity index (χ0n) is 9.36. The largest absolute Gasteiger partial charge is 0.478 e. The average molecular weight is 309 g/mol. The summed E-state index contributed by atoms with van der Waals surface area (Å²) in [6.07, 6.45) is 0.638. The minimum atomic E-state index is -0.939. The van der Waals surface area contributed by atoms with E-state index in [9.17, 15) is 9.18 Å². The van der Waals surface area contributed by atoms with Gasteiger partial charge in [0, 0.05) is 0 Å². The highest BCUT2D eigenvalue weighted by molar-refractivity contribution is 9.10. The Morgan fingerprint density at radius 2 is 1.72 bits per heavy atom. The summed E-state index contributed by atoms with van der Waals surface area (Å²) in [5.41, 5.74) is 2.21. The zero-order chi connectivity index (χ0) is 13.1. The Morgan fingerprint density at radius 3 is 2.28 bits per heavy atom. The lowest BCUT2D eigenvalue weighted by atomic mass is 10.0. The summed E-state index contributed by atoms with van der Waals surface area (Å²) >= 11 is 3.14. The van der Waals surface area contributed by atoms with Gasteiger partial charge in [-0.15, -0.1) is 0 Å². The second-order valence-electron chi connectivity index (χ2n) is 3.93. The number of aromatic carboxylic acids is 1. The fraction of sp³-hybridized carbons (Fsp3) is 0.0714. The van der Waals surface area contributed by atoms with Crippen molar-refractivity contribution in [2.45, 2.75) is 6.42 Å². The van der Waals surface area contributed by atoms with E-state index in [1.165, 1.54) is 6.07 Å². The molecule has 0 radical (unpaired) electrons. The van der Waals surface area contributed by atoms with Gasteiger partial charge in [0.15, 0.2) is 0 Å². The molecule has 0 bridgehead atoms. The van der Waals surface area contributed by atoms with E-state index >= 15 is 0 Å². The Morgan fingerprint density at radius 1 is 1.11 bits per heavy atom. The van der Waals surface area contributed by atoms with Crippen molar-refractivity contribution in [1.82, 2.24) is 0 Å². The third-order valence-corrected chi connectivity index (χ3v) is 3.20. The Hall–Kier alpha value is -1.68. The molecular formula is C14H10BrFO2. The van der Waals surface area contributed by atoms with Crippen molar-refractivity contribution in [3.63, 3.8) is 0 Å². The molecule has 0 spiro atoms. The molecule has 0 aromatic heterocycles. The van der Waals surface area contributed by atoms with Crippen molar-refractivity contribution in [1.29, 1.82) is 0 Å². The quantitative estimate of drug-likeness (QED) is 0.934. The van der Waals surface area contributed by atoms with Crippen LogP contribution in [0.25, 0.3) is 0 Å². The Kier molecular flexibility index (Phi) is 3.77. The summed E-state index contributed by atoms with van der Waals surface area (Å²) < 4.78 is 13.5. The van der Waals surface area contributed by atoms with Crippen LogP contribution >= 0.6 is 15.9 Å². The third kappa shape index (κ3) is 2.96. The molecule has 0 fully saturated rings. The van der Waals surface area contributed by atoms with Gasteiger partial charge in [-0.1, -0.05) is 18.2 Å². The van der Waals surface area contributed by atoms with E-state index in [4.69, 9.17) is 5.11 Å². The normalized spacial score (nSPS) is 10.3. The molecule has 0 atom stereocenters. The van der Waals surface area contributed by atoms with Crippen LogP contribution in [0.3, 0.4) is 0 Å². The van der Waals surface area contributed by atoms with E-state index in [1.807, 2.05) is 0 Å². The lowest BCUT2D eigenvalue weighted by Gasteiger charge is -2.04. The molecule has 0 amide bonds. The Bertz CT molecular complexity index is 579. The van der Waals surface area contributed by atoms with E-state index in [0.717, 1.165) is 11.1 Å². The number of rotatable bonds is 3. The van der Waals surface area contributed by atoms with Gasteiger partial charge in [-0.2, -0.15) is 0 Å². The molecule has 0 aliphatic heterocycles. The van der Waals surface area contributed by atoms with Crippen molar-refractivity contribution in [2.24, 2.45) is 0 Å². The average Bonchev–Trinajstić information content (AvgIpc) is 2.34. The lowest BCUT2D eigenvalue weighted by molar-refractivity contribution is 0.0697. The first-order valence-electron chi connectivity index (χ1n) is 5.32. The van der Waals surface area contributed by atoms with Crippen LogP contribution in [-0.2, 0) is 6.42 Å². The van der Waals surface area contributed by atoms with E-state index in [1.54, 1.807) is 36.4 Å². The predicted molar refractivity (Wildman–Crippen MR) is 70.3 cm³/mol. The van der Waals surface area contributed by atoms with Crippen LogP contribution in [0.5, 0.6) is 0 Å². The molecule has 0 heterocycles. The van der Waals surface area contributed by atoms with Gasteiger partial charge in [-0.3, -0.25) is 0 Å². The van der Waals surface area contributed by atoms with E-state index < -0.39 is 5.97 Å². The minimum Gasteiger partial charge on any atom is -0.478 e. The maximum Gasteiger partial charge on any atom is 0.335 e. The highest BCUT2D eigenvalue weighted by Gasteiger charge is 2.04. The molecule has 2 aromatic rings. The summed E-state index contributed by atoms with van der Waals surface area (Å²) in [5.74, 6) is -1.23. The first-order valence-corrected chi connectivity index (χ1v) is 6.12. The van der Waals surface area contributed by atoms with Crippen molar-refractivity contribution in [2.75, 3.05) is 0 Å². The van der Waals surface area contributed by atoms with Gasteiger partial charge in [0.05, 0.1) is 10.0 Å². The molecule has 0 aliphatic rings. The third-order valence-electron chi connectivity index (χ3n) is 2.59. The molecule has 0 saturated carbocycles. The van der Waals surface area contributed by atoms with E-state index in [0.29, 0.717) is 10.9 Å².